The number of aliphatic hydroxyl groups is 1. The average Bonchev–Trinajstić information content (AvgIpc) is 2.76. The number of carbonyl (C=O) groups is 1. The summed E-state index contributed by atoms with van der Waals surface area (Å²) in [5.41, 5.74) is -1.10. The molecule has 17 heavy (non-hydrogen) atoms. The van der Waals surface area contributed by atoms with Crippen LogP contribution < -0.4 is 4.74 Å². The van der Waals surface area contributed by atoms with E-state index >= 15 is 0 Å². The fourth-order valence-electron chi connectivity index (χ4n) is 2.26. The zero-order valence-electron chi connectivity index (χ0n) is 9.70. The van der Waals surface area contributed by atoms with Crippen LogP contribution in [0.3, 0.4) is 0 Å². The largest absolute Gasteiger partial charge is 0.494 e. The van der Waals surface area contributed by atoms with E-state index in [4.69, 9.17) is 4.74 Å². The number of hydrogen-bond acceptors (Lipinski definition) is 3. The van der Waals surface area contributed by atoms with Crippen molar-refractivity contribution in [1.29, 1.82) is 0 Å². The van der Waals surface area contributed by atoms with Crippen molar-refractivity contribution in [3.63, 3.8) is 0 Å². The molecule has 0 radical (unpaired) electrons. The first kappa shape index (κ1) is 12.0. The SMILES string of the molecule is COc1ccc(C(=O)C2(O)CCCC2)cc1F. The summed E-state index contributed by atoms with van der Waals surface area (Å²) in [4.78, 5) is 12.1. The molecule has 1 aromatic carbocycles. The lowest BCUT2D eigenvalue weighted by Crippen LogP contribution is -2.35. The Balaban J connectivity index is 2.28. The molecule has 1 aliphatic carbocycles. The summed E-state index contributed by atoms with van der Waals surface area (Å²) in [6.45, 7) is 0. The van der Waals surface area contributed by atoms with Gasteiger partial charge >= 0.3 is 0 Å². The molecular formula is C13H15FO3. The van der Waals surface area contributed by atoms with Crippen molar-refractivity contribution in [1.82, 2.24) is 0 Å². The molecule has 0 saturated heterocycles. The second kappa shape index (κ2) is 4.45. The molecule has 0 aliphatic heterocycles. The topological polar surface area (TPSA) is 46.5 Å². The van der Waals surface area contributed by atoms with Crippen LogP contribution in [0.4, 0.5) is 4.39 Å². The van der Waals surface area contributed by atoms with Gasteiger partial charge in [-0.1, -0.05) is 0 Å². The van der Waals surface area contributed by atoms with Gasteiger partial charge in [-0.15, -0.1) is 0 Å². The molecule has 0 unspecified atom stereocenters. The summed E-state index contributed by atoms with van der Waals surface area (Å²) in [5, 5.41) is 10.1. The molecule has 4 heteroatoms. The third kappa shape index (κ3) is 2.17. The van der Waals surface area contributed by atoms with E-state index in [0.717, 1.165) is 18.9 Å². The molecule has 0 aromatic heterocycles. The summed E-state index contributed by atoms with van der Waals surface area (Å²) < 4.78 is 18.2. The summed E-state index contributed by atoms with van der Waals surface area (Å²) in [5.74, 6) is -0.878. The highest BCUT2D eigenvalue weighted by atomic mass is 19.1. The first-order chi connectivity index (χ1) is 8.07. The van der Waals surface area contributed by atoms with Gasteiger partial charge in [0.15, 0.2) is 17.3 Å². The van der Waals surface area contributed by atoms with Gasteiger partial charge in [0.2, 0.25) is 0 Å². The van der Waals surface area contributed by atoms with Crippen molar-refractivity contribution in [2.24, 2.45) is 0 Å². The van der Waals surface area contributed by atoms with Crippen LogP contribution in [0.15, 0.2) is 18.2 Å². The van der Waals surface area contributed by atoms with Crippen LogP contribution in [0, 0.1) is 5.82 Å². The number of Topliss-reactive ketones (excluding diaryl/α,β-unsaturated/α-hetero) is 1. The van der Waals surface area contributed by atoms with Crippen molar-refractivity contribution >= 4 is 5.78 Å². The zero-order valence-corrected chi connectivity index (χ0v) is 9.70. The maximum absolute atomic E-state index is 13.5. The quantitative estimate of drug-likeness (QED) is 0.822. The Morgan fingerprint density at radius 1 is 1.41 bits per heavy atom. The summed E-state index contributed by atoms with van der Waals surface area (Å²) in [6, 6.07) is 4.01. The Morgan fingerprint density at radius 3 is 2.59 bits per heavy atom. The molecule has 0 heterocycles. The maximum atomic E-state index is 13.5. The minimum absolute atomic E-state index is 0.0972. The third-order valence-corrected chi connectivity index (χ3v) is 3.27. The predicted molar refractivity (Wildman–Crippen MR) is 60.7 cm³/mol. The van der Waals surface area contributed by atoms with Crippen LogP contribution in [0.2, 0.25) is 0 Å². The lowest BCUT2D eigenvalue weighted by molar-refractivity contribution is 0.0352. The van der Waals surface area contributed by atoms with Gasteiger partial charge in [-0.05, 0) is 43.9 Å². The Hall–Kier alpha value is -1.42. The van der Waals surface area contributed by atoms with E-state index in [1.54, 1.807) is 0 Å². The Morgan fingerprint density at radius 2 is 2.06 bits per heavy atom. The van der Waals surface area contributed by atoms with Crippen molar-refractivity contribution < 1.29 is 19.0 Å². The Kier molecular flexibility index (Phi) is 3.15. The van der Waals surface area contributed by atoms with Gasteiger partial charge in [0.1, 0.15) is 5.60 Å². The number of rotatable bonds is 3. The number of methoxy groups -OCH3 is 1. The normalized spacial score (nSPS) is 18.1. The fraction of sp³-hybridized carbons (Fsp3) is 0.462. The number of benzene rings is 1. The Labute approximate surface area is 99.2 Å². The summed E-state index contributed by atoms with van der Waals surface area (Å²) >= 11 is 0. The minimum atomic E-state index is -1.30. The molecule has 1 aromatic rings. The molecule has 1 fully saturated rings. The molecule has 3 nitrogen and oxygen atoms in total. The van der Waals surface area contributed by atoms with Gasteiger partial charge < -0.3 is 9.84 Å². The number of hydrogen-bond donors (Lipinski definition) is 1. The molecule has 0 amide bonds. The van der Waals surface area contributed by atoms with Crippen LogP contribution in [-0.4, -0.2) is 23.6 Å². The highest BCUT2D eigenvalue weighted by Crippen LogP contribution is 2.33. The van der Waals surface area contributed by atoms with Crippen molar-refractivity contribution in [2.45, 2.75) is 31.3 Å². The lowest BCUT2D eigenvalue weighted by atomic mass is 9.91. The average molecular weight is 238 g/mol. The van der Waals surface area contributed by atoms with Crippen LogP contribution in [-0.2, 0) is 0 Å². The summed E-state index contributed by atoms with van der Waals surface area (Å²) in [6.07, 6.45) is 2.58. The predicted octanol–water partition coefficient (Wildman–Crippen LogP) is 2.32. The van der Waals surface area contributed by atoms with Gasteiger partial charge in [0, 0.05) is 5.56 Å². The molecule has 0 bridgehead atoms. The van der Waals surface area contributed by atoms with E-state index < -0.39 is 17.2 Å². The van der Waals surface area contributed by atoms with E-state index in [1.165, 1.54) is 19.2 Å². The van der Waals surface area contributed by atoms with E-state index in [1.807, 2.05) is 0 Å². The first-order valence-corrected chi connectivity index (χ1v) is 5.67. The summed E-state index contributed by atoms with van der Waals surface area (Å²) in [7, 11) is 1.37. The maximum Gasteiger partial charge on any atom is 0.194 e. The van der Waals surface area contributed by atoms with Gasteiger partial charge in [0.25, 0.3) is 0 Å². The monoisotopic (exact) mass is 238 g/mol. The van der Waals surface area contributed by atoms with E-state index in [0.29, 0.717) is 12.8 Å². The number of ether oxygens (including phenoxy) is 1. The van der Waals surface area contributed by atoms with Crippen molar-refractivity contribution in [3.8, 4) is 5.75 Å². The van der Waals surface area contributed by atoms with Crippen LogP contribution in [0.5, 0.6) is 5.75 Å². The van der Waals surface area contributed by atoms with E-state index in [9.17, 15) is 14.3 Å². The molecule has 0 spiro atoms. The molecule has 2 rings (SSSR count). The standard InChI is InChI=1S/C13H15FO3/c1-17-11-5-4-9(8-10(11)14)12(15)13(16)6-2-3-7-13/h4-5,8,16H,2-3,6-7H2,1H3. The number of ketones is 1. The van der Waals surface area contributed by atoms with Crippen LogP contribution in [0.25, 0.3) is 0 Å². The highest BCUT2D eigenvalue weighted by Gasteiger charge is 2.39. The van der Waals surface area contributed by atoms with Crippen molar-refractivity contribution in [3.05, 3.63) is 29.6 Å². The van der Waals surface area contributed by atoms with Crippen LogP contribution >= 0.6 is 0 Å². The molecular weight excluding hydrogens is 223 g/mol. The molecule has 1 aliphatic rings. The smallest absolute Gasteiger partial charge is 0.194 e. The van der Waals surface area contributed by atoms with Gasteiger partial charge in [0.05, 0.1) is 7.11 Å². The zero-order chi connectivity index (χ0) is 12.5. The highest BCUT2D eigenvalue weighted by molar-refractivity contribution is 6.02. The first-order valence-electron chi connectivity index (χ1n) is 5.67. The minimum Gasteiger partial charge on any atom is -0.494 e. The fourth-order valence-corrected chi connectivity index (χ4v) is 2.26. The molecule has 1 N–H and O–H groups in total. The Bertz CT molecular complexity index is 436. The third-order valence-electron chi connectivity index (χ3n) is 3.27. The van der Waals surface area contributed by atoms with E-state index in [2.05, 4.69) is 0 Å². The molecule has 1 saturated carbocycles. The molecule has 0 atom stereocenters. The van der Waals surface area contributed by atoms with Gasteiger partial charge in [-0.25, -0.2) is 4.39 Å². The second-order valence-electron chi connectivity index (χ2n) is 4.42. The van der Waals surface area contributed by atoms with Gasteiger partial charge in [-0.3, -0.25) is 4.79 Å². The van der Waals surface area contributed by atoms with Crippen LogP contribution in [0.1, 0.15) is 36.0 Å². The number of carbonyl (C=O) groups excluding carboxylic acids is 1. The second-order valence-corrected chi connectivity index (χ2v) is 4.42. The van der Waals surface area contributed by atoms with Gasteiger partial charge in [-0.2, -0.15) is 0 Å². The number of halogens is 1. The van der Waals surface area contributed by atoms with Crippen molar-refractivity contribution in [2.75, 3.05) is 7.11 Å². The lowest BCUT2D eigenvalue weighted by Gasteiger charge is -2.20. The molecule has 92 valence electrons. The van der Waals surface area contributed by atoms with E-state index in [-0.39, 0.29) is 11.3 Å².